The number of nitrogens with two attached hydrogens (primary N) is 2. The van der Waals surface area contributed by atoms with Gasteiger partial charge in [0.05, 0.1) is 0 Å². The zero-order chi connectivity index (χ0) is 12.5. The molecule has 0 heterocycles. The van der Waals surface area contributed by atoms with Crippen molar-refractivity contribution in [2.75, 3.05) is 0 Å². The summed E-state index contributed by atoms with van der Waals surface area (Å²) in [7, 11) is 0. The third kappa shape index (κ3) is 2.21. The largest absolute Gasteiger partial charge is 0.323 e. The van der Waals surface area contributed by atoms with Crippen LogP contribution in [0.2, 0.25) is 0 Å². The van der Waals surface area contributed by atoms with Crippen LogP contribution in [-0.4, -0.2) is 11.1 Å². The highest BCUT2D eigenvalue weighted by atomic mass is 15.1. The Balaban J connectivity index is 1.94. The molecular weight excluding hydrogens is 208 g/mol. The summed E-state index contributed by atoms with van der Waals surface area (Å²) in [4.78, 5) is 0. The van der Waals surface area contributed by atoms with Crippen molar-refractivity contribution < 1.29 is 0 Å². The van der Waals surface area contributed by atoms with Crippen molar-refractivity contribution in [3.63, 3.8) is 0 Å². The van der Waals surface area contributed by atoms with Gasteiger partial charge in [0, 0.05) is 11.1 Å². The Morgan fingerprint density at radius 1 is 1.24 bits per heavy atom. The first-order chi connectivity index (χ1) is 8.01. The van der Waals surface area contributed by atoms with Crippen molar-refractivity contribution in [3.8, 4) is 0 Å². The van der Waals surface area contributed by atoms with Crippen molar-refractivity contribution in [2.45, 2.75) is 62.9 Å². The molecule has 0 aromatic heterocycles. The summed E-state index contributed by atoms with van der Waals surface area (Å²) in [6.45, 7) is 6.05. The summed E-state index contributed by atoms with van der Waals surface area (Å²) in [5, 5.41) is 0. The molecule has 2 aliphatic rings. The Hall–Kier alpha value is -0.600. The van der Waals surface area contributed by atoms with Gasteiger partial charge in [-0.25, -0.2) is 0 Å². The van der Waals surface area contributed by atoms with Crippen LogP contribution >= 0.6 is 0 Å². The summed E-state index contributed by atoms with van der Waals surface area (Å²) < 4.78 is 0. The maximum absolute atomic E-state index is 6.54. The molecule has 2 rings (SSSR count). The fourth-order valence-electron chi connectivity index (χ4n) is 3.56. The standard InChI is InChI=1S/C15H26N2/c1-12(2)8-7-9-13-14(16)10-5-3-4-6-11-15(13,14)17/h3-4,13H,1,5-11,16-17H2,2H3/b4-3-/t13?,14-,15+. The number of rotatable bonds is 4. The maximum atomic E-state index is 6.54. The van der Waals surface area contributed by atoms with Crippen molar-refractivity contribution in [1.82, 2.24) is 0 Å². The highest BCUT2D eigenvalue weighted by Gasteiger charge is 2.70. The first-order valence-corrected chi connectivity index (χ1v) is 6.88. The molecule has 0 radical (unpaired) electrons. The molecule has 0 aromatic rings. The molecule has 0 saturated heterocycles. The molecule has 2 heteroatoms. The molecule has 0 spiro atoms. The monoisotopic (exact) mass is 234 g/mol. The number of hydrogen-bond acceptors (Lipinski definition) is 2. The second-order valence-electron chi connectivity index (χ2n) is 6.03. The van der Waals surface area contributed by atoms with Crippen LogP contribution in [0.1, 0.15) is 51.9 Å². The first kappa shape index (κ1) is 12.8. The van der Waals surface area contributed by atoms with E-state index in [1.54, 1.807) is 0 Å². The molecule has 1 saturated carbocycles. The fourth-order valence-corrected chi connectivity index (χ4v) is 3.56. The quantitative estimate of drug-likeness (QED) is 0.735. The van der Waals surface area contributed by atoms with Crippen molar-refractivity contribution >= 4 is 0 Å². The highest BCUT2D eigenvalue weighted by molar-refractivity contribution is 5.32. The van der Waals surface area contributed by atoms with Gasteiger partial charge in [0.1, 0.15) is 0 Å². The predicted octanol–water partition coefficient (Wildman–Crippen LogP) is 2.89. The smallest absolute Gasteiger partial charge is 0.0390 e. The summed E-state index contributed by atoms with van der Waals surface area (Å²) in [6, 6.07) is 0. The van der Waals surface area contributed by atoms with E-state index in [1.807, 2.05) is 0 Å². The lowest BCUT2D eigenvalue weighted by Crippen LogP contribution is -2.41. The molecule has 0 bridgehead atoms. The van der Waals surface area contributed by atoms with E-state index < -0.39 is 0 Å². The molecule has 17 heavy (non-hydrogen) atoms. The molecular formula is C15H26N2. The molecule has 2 aliphatic carbocycles. The molecule has 3 atom stereocenters. The molecule has 0 aromatic carbocycles. The second-order valence-corrected chi connectivity index (χ2v) is 6.03. The lowest BCUT2D eigenvalue weighted by molar-refractivity contribution is 0.468. The van der Waals surface area contributed by atoms with Crippen LogP contribution < -0.4 is 11.5 Å². The summed E-state index contributed by atoms with van der Waals surface area (Å²) in [5.41, 5.74) is 14.2. The van der Waals surface area contributed by atoms with Gasteiger partial charge in [0.2, 0.25) is 0 Å². The van der Waals surface area contributed by atoms with Gasteiger partial charge >= 0.3 is 0 Å². The van der Waals surface area contributed by atoms with E-state index in [4.69, 9.17) is 11.5 Å². The van der Waals surface area contributed by atoms with Crippen molar-refractivity contribution in [3.05, 3.63) is 24.3 Å². The maximum Gasteiger partial charge on any atom is 0.0390 e. The minimum absolute atomic E-state index is 0.0904. The zero-order valence-electron chi connectivity index (χ0n) is 11.0. The summed E-state index contributed by atoms with van der Waals surface area (Å²) in [5.74, 6) is 0.522. The van der Waals surface area contributed by atoms with E-state index in [1.165, 1.54) is 18.4 Å². The van der Waals surface area contributed by atoms with Crippen LogP contribution in [0.5, 0.6) is 0 Å². The normalized spacial score (nSPS) is 42.2. The van der Waals surface area contributed by atoms with Gasteiger partial charge in [-0.05, 0) is 57.8 Å². The van der Waals surface area contributed by atoms with Crippen LogP contribution in [-0.2, 0) is 0 Å². The first-order valence-electron chi connectivity index (χ1n) is 6.88. The Kier molecular flexibility index (Phi) is 3.46. The van der Waals surface area contributed by atoms with Gasteiger partial charge in [-0.1, -0.05) is 17.7 Å². The molecule has 96 valence electrons. The van der Waals surface area contributed by atoms with E-state index in [9.17, 15) is 0 Å². The number of hydrogen-bond donors (Lipinski definition) is 2. The number of allylic oxidation sites excluding steroid dienone is 3. The van der Waals surface area contributed by atoms with Crippen LogP contribution in [0, 0.1) is 5.92 Å². The fraction of sp³-hybridized carbons (Fsp3) is 0.733. The average Bonchev–Trinajstić information content (AvgIpc) is 2.66. The van der Waals surface area contributed by atoms with Gasteiger partial charge in [-0.2, -0.15) is 0 Å². The van der Waals surface area contributed by atoms with E-state index in [0.29, 0.717) is 5.92 Å². The lowest BCUT2D eigenvalue weighted by atomic mass is 9.97. The van der Waals surface area contributed by atoms with E-state index in [-0.39, 0.29) is 11.1 Å². The van der Waals surface area contributed by atoms with Gasteiger partial charge in [-0.15, -0.1) is 6.58 Å². The molecule has 1 unspecified atom stereocenters. The molecule has 4 N–H and O–H groups in total. The molecule has 0 aliphatic heterocycles. The Labute approximate surface area is 105 Å². The van der Waals surface area contributed by atoms with E-state index in [0.717, 1.165) is 32.1 Å². The minimum atomic E-state index is -0.0904. The Bertz CT molecular complexity index is 312. The van der Waals surface area contributed by atoms with Crippen LogP contribution in [0.3, 0.4) is 0 Å². The Morgan fingerprint density at radius 3 is 2.24 bits per heavy atom. The highest BCUT2D eigenvalue weighted by Crippen LogP contribution is 2.58. The van der Waals surface area contributed by atoms with Crippen molar-refractivity contribution in [2.24, 2.45) is 17.4 Å². The van der Waals surface area contributed by atoms with Crippen LogP contribution in [0.15, 0.2) is 24.3 Å². The summed E-state index contributed by atoms with van der Waals surface area (Å²) >= 11 is 0. The predicted molar refractivity (Wildman–Crippen MR) is 73.6 cm³/mol. The van der Waals surface area contributed by atoms with E-state index in [2.05, 4.69) is 25.7 Å². The van der Waals surface area contributed by atoms with Crippen molar-refractivity contribution in [1.29, 1.82) is 0 Å². The van der Waals surface area contributed by atoms with E-state index >= 15 is 0 Å². The zero-order valence-corrected chi connectivity index (χ0v) is 11.0. The van der Waals surface area contributed by atoms with Crippen LogP contribution in [0.4, 0.5) is 0 Å². The topological polar surface area (TPSA) is 52.0 Å². The third-order valence-corrected chi connectivity index (χ3v) is 4.74. The summed E-state index contributed by atoms with van der Waals surface area (Å²) in [6.07, 6.45) is 12.3. The van der Waals surface area contributed by atoms with Gasteiger partial charge < -0.3 is 11.5 Å². The lowest BCUT2D eigenvalue weighted by Gasteiger charge is -2.18. The molecule has 1 fully saturated rings. The number of fused-ring (bicyclic) bond motifs is 1. The second kappa shape index (κ2) is 4.58. The average molecular weight is 234 g/mol. The molecule has 0 amide bonds. The SMILES string of the molecule is C=C(C)CCCC1[C@]2(N)CC/C=C\CC[C@]12N. The van der Waals surface area contributed by atoms with Crippen LogP contribution in [0.25, 0.3) is 0 Å². The Morgan fingerprint density at radius 2 is 1.76 bits per heavy atom. The van der Waals surface area contributed by atoms with Gasteiger partial charge in [0.15, 0.2) is 0 Å². The van der Waals surface area contributed by atoms with Gasteiger partial charge in [-0.3, -0.25) is 0 Å². The third-order valence-electron chi connectivity index (χ3n) is 4.74. The molecule has 2 nitrogen and oxygen atoms in total. The van der Waals surface area contributed by atoms with Gasteiger partial charge in [0.25, 0.3) is 0 Å². The minimum Gasteiger partial charge on any atom is -0.323 e.